The Morgan fingerprint density at radius 2 is 1.68 bits per heavy atom. The molecule has 0 aliphatic carbocycles. The zero-order valence-electron chi connectivity index (χ0n) is 15.1. The van der Waals surface area contributed by atoms with Gasteiger partial charge in [-0.25, -0.2) is 13.9 Å². The summed E-state index contributed by atoms with van der Waals surface area (Å²) in [6, 6.07) is 15.1. The lowest BCUT2D eigenvalue weighted by Gasteiger charge is -2.32. The zero-order valence-corrected chi connectivity index (χ0v) is 15.9. The van der Waals surface area contributed by atoms with Crippen LogP contribution < -0.4 is 10.2 Å². The van der Waals surface area contributed by atoms with Crippen LogP contribution >= 0.6 is 0 Å². The van der Waals surface area contributed by atoms with E-state index in [0.717, 1.165) is 5.75 Å². The van der Waals surface area contributed by atoms with Crippen molar-refractivity contribution in [3.05, 3.63) is 60.2 Å². The van der Waals surface area contributed by atoms with E-state index < -0.39 is 22.0 Å². The summed E-state index contributed by atoms with van der Waals surface area (Å²) in [7, 11) is -3.92. The van der Waals surface area contributed by atoms with Crippen LogP contribution in [0.1, 0.15) is 24.5 Å². The molecule has 3 N–H and O–H groups in total. The van der Waals surface area contributed by atoms with Gasteiger partial charge >= 0.3 is 0 Å². The third-order valence-corrected chi connectivity index (χ3v) is 6.61. The van der Waals surface area contributed by atoms with Crippen LogP contribution in [-0.4, -0.2) is 48.1 Å². The van der Waals surface area contributed by atoms with Gasteiger partial charge < -0.3 is 9.84 Å². The molecule has 1 amide bonds. The van der Waals surface area contributed by atoms with E-state index in [1.165, 1.54) is 34.1 Å². The van der Waals surface area contributed by atoms with E-state index in [1.807, 2.05) is 30.3 Å². The van der Waals surface area contributed by atoms with Gasteiger partial charge in [-0.3, -0.25) is 10.0 Å². The number of carbonyl (C=O) groups excluding carboxylic acids is 1. The number of amides is 1. The third-order valence-electron chi connectivity index (χ3n) is 4.64. The van der Waals surface area contributed by atoms with E-state index in [0.29, 0.717) is 12.8 Å². The Hall–Kier alpha value is -2.46. The van der Waals surface area contributed by atoms with Crippen LogP contribution in [-0.2, 0) is 14.8 Å². The maximum atomic E-state index is 13.1. The summed E-state index contributed by atoms with van der Waals surface area (Å²) in [6.45, 7) is 0.521. The molecule has 2 aromatic carbocycles. The number of ether oxygens (including phenoxy) is 1. The van der Waals surface area contributed by atoms with Crippen molar-refractivity contribution in [1.29, 1.82) is 0 Å². The highest BCUT2D eigenvalue weighted by Crippen LogP contribution is 2.28. The molecule has 1 heterocycles. The van der Waals surface area contributed by atoms with Gasteiger partial charge in [-0.1, -0.05) is 36.4 Å². The first-order valence-corrected chi connectivity index (χ1v) is 10.3. The van der Waals surface area contributed by atoms with Crippen molar-refractivity contribution in [3.63, 3.8) is 0 Å². The van der Waals surface area contributed by atoms with Gasteiger partial charge in [-0.05, 0) is 31.0 Å². The standard InChI is InChI=1S/C19H22N2O6S/c22-18(19(23)20-24)16-8-4-5-9-17(16)28(25,26)21-12-10-15(11-13-21)27-14-6-2-1-3-7-14/h1-9,15,18,22,24H,10-13H2,(H,20,23). The van der Waals surface area contributed by atoms with Crippen LogP contribution in [0.3, 0.4) is 0 Å². The Labute approximate surface area is 163 Å². The topological polar surface area (TPSA) is 116 Å². The van der Waals surface area contributed by atoms with Crippen LogP contribution in [0.25, 0.3) is 0 Å². The van der Waals surface area contributed by atoms with Crippen molar-refractivity contribution < 1.29 is 28.3 Å². The average Bonchev–Trinajstić information content (AvgIpc) is 2.73. The molecule has 1 atom stereocenters. The van der Waals surface area contributed by atoms with E-state index in [1.54, 1.807) is 0 Å². The number of carbonyl (C=O) groups is 1. The average molecular weight is 406 g/mol. The summed E-state index contributed by atoms with van der Waals surface area (Å²) in [5, 5.41) is 18.8. The Balaban J connectivity index is 1.74. The predicted octanol–water partition coefficient (Wildman–Crippen LogP) is 1.46. The van der Waals surface area contributed by atoms with E-state index in [2.05, 4.69) is 0 Å². The molecule has 8 nitrogen and oxygen atoms in total. The summed E-state index contributed by atoms with van der Waals surface area (Å²) in [5.41, 5.74) is 1.25. The van der Waals surface area contributed by atoms with Gasteiger partial charge in [0, 0.05) is 18.7 Å². The van der Waals surface area contributed by atoms with Gasteiger partial charge in [-0.2, -0.15) is 4.31 Å². The Morgan fingerprint density at radius 1 is 1.07 bits per heavy atom. The molecule has 9 heteroatoms. The maximum absolute atomic E-state index is 13.1. The van der Waals surface area contributed by atoms with E-state index in [-0.39, 0.29) is 29.7 Å². The number of hydroxylamine groups is 1. The lowest BCUT2D eigenvalue weighted by atomic mass is 10.1. The van der Waals surface area contributed by atoms with Crippen molar-refractivity contribution in [3.8, 4) is 5.75 Å². The van der Waals surface area contributed by atoms with Gasteiger partial charge in [0.2, 0.25) is 10.0 Å². The molecule has 2 aromatic rings. The molecule has 1 unspecified atom stereocenters. The first kappa shape index (κ1) is 20.3. The molecule has 0 spiro atoms. The first-order valence-electron chi connectivity index (χ1n) is 8.86. The molecule has 0 bridgehead atoms. The minimum Gasteiger partial charge on any atom is -0.490 e. The number of para-hydroxylation sites is 1. The quantitative estimate of drug-likeness (QED) is 0.494. The second-order valence-corrected chi connectivity index (χ2v) is 8.36. The fourth-order valence-corrected chi connectivity index (χ4v) is 4.86. The van der Waals surface area contributed by atoms with Crippen molar-refractivity contribution in [2.45, 2.75) is 29.9 Å². The summed E-state index contributed by atoms with van der Waals surface area (Å²) in [6.07, 6.45) is -0.837. The highest BCUT2D eigenvalue weighted by Gasteiger charge is 2.33. The largest absolute Gasteiger partial charge is 0.490 e. The predicted molar refractivity (Wildman–Crippen MR) is 100 cm³/mol. The number of hydrogen-bond donors (Lipinski definition) is 3. The number of benzene rings is 2. The van der Waals surface area contributed by atoms with Crippen LogP contribution in [0.15, 0.2) is 59.5 Å². The second-order valence-electron chi connectivity index (χ2n) is 6.45. The Bertz CT molecular complexity index is 911. The molecule has 0 saturated carbocycles. The molecule has 1 fully saturated rings. The maximum Gasteiger partial charge on any atom is 0.276 e. The minimum absolute atomic E-state index is 0.0864. The van der Waals surface area contributed by atoms with Crippen molar-refractivity contribution in [2.24, 2.45) is 0 Å². The lowest BCUT2D eigenvalue weighted by Crippen LogP contribution is -2.42. The fraction of sp³-hybridized carbons (Fsp3) is 0.316. The number of piperidine rings is 1. The molecule has 0 radical (unpaired) electrons. The number of nitrogens with zero attached hydrogens (tertiary/aromatic N) is 1. The summed E-state index contributed by atoms with van der Waals surface area (Å²) >= 11 is 0. The van der Waals surface area contributed by atoms with Crippen LogP contribution in [0.2, 0.25) is 0 Å². The van der Waals surface area contributed by atoms with Crippen molar-refractivity contribution in [2.75, 3.05) is 13.1 Å². The van der Waals surface area contributed by atoms with Crippen LogP contribution in [0.5, 0.6) is 5.75 Å². The molecular formula is C19H22N2O6S. The normalized spacial score (nSPS) is 17.1. The number of rotatable bonds is 6. The van der Waals surface area contributed by atoms with E-state index in [4.69, 9.17) is 9.94 Å². The van der Waals surface area contributed by atoms with Gasteiger partial charge in [0.25, 0.3) is 5.91 Å². The Morgan fingerprint density at radius 3 is 2.32 bits per heavy atom. The lowest BCUT2D eigenvalue weighted by molar-refractivity contribution is -0.138. The molecule has 28 heavy (non-hydrogen) atoms. The summed E-state index contributed by atoms with van der Waals surface area (Å²) in [4.78, 5) is 11.4. The molecule has 0 aromatic heterocycles. The third kappa shape index (κ3) is 4.33. The van der Waals surface area contributed by atoms with Gasteiger partial charge in [0.15, 0.2) is 6.10 Å². The molecule has 3 rings (SSSR count). The van der Waals surface area contributed by atoms with Gasteiger partial charge in [-0.15, -0.1) is 0 Å². The monoisotopic (exact) mass is 406 g/mol. The second kappa shape index (κ2) is 8.70. The van der Waals surface area contributed by atoms with Crippen LogP contribution in [0, 0.1) is 0 Å². The van der Waals surface area contributed by atoms with Crippen LogP contribution in [0.4, 0.5) is 0 Å². The minimum atomic E-state index is -3.92. The van der Waals surface area contributed by atoms with Crippen molar-refractivity contribution >= 4 is 15.9 Å². The smallest absolute Gasteiger partial charge is 0.276 e. The van der Waals surface area contributed by atoms with E-state index in [9.17, 15) is 18.3 Å². The first-order chi connectivity index (χ1) is 13.4. The Kier molecular flexibility index (Phi) is 6.30. The SMILES string of the molecule is O=C(NO)C(O)c1ccccc1S(=O)(=O)N1CCC(Oc2ccccc2)CC1. The number of hydrogen-bond acceptors (Lipinski definition) is 6. The molecule has 1 aliphatic rings. The van der Waals surface area contributed by atoms with Crippen molar-refractivity contribution in [1.82, 2.24) is 9.79 Å². The molecular weight excluding hydrogens is 384 g/mol. The summed E-state index contributed by atoms with van der Waals surface area (Å²) in [5.74, 6) is -0.357. The highest BCUT2D eigenvalue weighted by molar-refractivity contribution is 7.89. The zero-order chi connectivity index (χ0) is 20.1. The number of aliphatic hydroxyl groups is 1. The number of aliphatic hydroxyl groups excluding tert-OH is 1. The number of nitrogens with one attached hydrogen (secondary N) is 1. The summed E-state index contributed by atoms with van der Waals surface area (Å²) < 4.78 is 33.3. The van der Waals surface area contributed by atoms with Gasteiger partial charge in [0.05, 0.1) is 4.90 Å². The number of sulfonamides is 1. The molecule has 1 saturated heterocycles. The molecule has 1 aliphatic heterocycles. The van der Waals surface area contributed by atoms with E-state index >= 15 is 0 Å². The fourth-order valence-electron chi connectivity index (χ4n) is 3.16. The molecule has 150 valence electrons. The van der Waals surface area contributed by atoms with Gasteiger partial charge in [0.1, 0.15) is 11.9 Å². The highest BCUT2D eigenvalue weighted by atomic mass is 32.2.